The van der Waals surface area contributed by atoms with Crippen LogP contribution >= 0.6 is 22.7 Å². The molecule has 0 bridgehead atoms. The van der Waals surface area contributed by atoms with Crippen LogP contribution in [0.5, 0.6) is 0 Å². The van der Waals surface area contributed by atoms with Crippen LogP contribution < -0.4 is 5.32 Å². The van der Waals surface area contributed by atoms with Gasteiger partial charge in [-0.15, -0.1) is 22.7 Å². The maximum Gasteiger partial charge on any atom is 0.223 e. The van der Waals surface area contributed by atoms with E-state index in [2.05, 4.69) is 17.4 Å². The summed E-state index contributed by atoms with van der Waals surface area (Å²) in [5.74, 6) is 0.531. The Morgan fingerprint density at radius 3 is 2.21 bits per heavy atom. The van der Waals surface area contributed by atoms with E-state index in [-0.39, 0.29) is 17.7 Å². The van der Waals surface area contributed by atoms with Gasteiger partial charge in [0.1, 0.15) is 0 Å². The molecule has 0 radical (unpaired) electrons. The Balaban J connectivity index is 1.48. The zero-order chi connectivity index (χ0) is 16.8. The second-order valence-electron chi connectivity index (χ2n) is 6.08. The zero-order valence-corrected chi connectivity index (χ0v) is 15.2. The third kappa shape index (κ3) is 5.18. The lowest BCUT2D eigenvalue weighted by atomic mass is 10.2. The standard InChI is InChI=1S/C18H22N2O2S2/c21-17(6-1-9-19-18(22)14-7-8-14)20(12-15-4-2-10-23-15)13-16-5-3-11-24-16/h2-5,10-11,14H,1,6-9,12-13H2,(H,19,22). The van der Waals surface area contributed by atoms with Crippen molar-refractivity contribution in [3.8, 4) is 0 Å². The van der Waals surface area contributed by atoms with Crippen LogP contribution in [-0.2, 0) is 22.7 Å². The molecule has 128 valence electrons. The maximum absolute atomic E-state index is 12.6. The number of carbonyl (C=O) groups excluding carboxylic acids is 2. The third-order valence-electron chi connectivity index (χ3n) is 4.02. The molecule has 0 atom stereocenters. The molecular weight excluding hydrogens is 340 g/mol. The molecule has 1 fully saturated rings. The van der Waals surface area contributed by atoms with Gasteiger partial charge in [-0.1, -0.05) is 12.1 Å². The van der Waals surface area contributed by atoms with Crippen molar-refractivity contribution < 1.29 is 9.59 Å². The van der Waals surface area contributed by atoms with Crippen LogP contribution in [0.15, 0.2) is 35.0 Å². The molecule has 2 heterocycles. The first-order valence-electron chi connectivity index (χ1n) is 8.32. The molecule has 1 N–H and O–H groups in total. The van der Waals surface area contributed by atoms with E-state index >= 15 is 0 Å². The second-order valence-corrected chi connectivity index (χ2v) is 8.14. The number of rotatable bonds is 9. The summed E-state index contributed by atoms with van der Waals surface area (Å²) in [6, 6.07) is 8.16. The minimum atomic E-state index is 0.150. The average molecular weight is 363 g/mol. The molecule has 6 heteroatoms. The average Bonchev–Trinajstić information content (AvgIpc) is 3.07. The molecule has 0 aromatic carbocycles. The molecule has 4 nitrogen and oxygen atoms in total. The predicted molar refractivity (Wildman–Crippen MR) is 97.9 cm³/mol. The van der Waals surface area contributed by atoms with Gasteiger partial charge in [-0.2, -0.15) is 0 Å². The molecule has 2 aromatic rings. The number of hydrogen-bond acceptors (Lipinski definition) is 4. The summed E-state index contributed by atoms with van der Waals surface area (Å²) < 4.78 is 0. The van der Waals surface area contributed by atoms with Crippen molar-refractivity contribution in [3.05, 3.63) is 44.8 Å². The molecule has 0 spiro atoms. The highest BCUT2D eigenvalue weighted by Gasteiger charge is 2.29. The van der Waals surface area contributed by atoms with E-state index in [0.717, 1.165) is 12.8 Å². The highest BCUT2D eigenvalue weighted by atomic mass is 32.1. The normalized spacial score (nSPS) is 13.7. The van der Waals surface area contributed by atoms with Crippen molar-refractivity contribution in [1.82, 2.24) is 10.2 Å². The molecular formula is C18H22N2O2S2. The van der Waals surface area contributed by atoms with E-state index < -0.39 is 0 Å². The Morgan fingerprint density at radius 1 is 1.08 bits per heavy atom. The molecule has 0 saturated heterocycles. The van der Waals surface area contributed by atoms with Gasteiger partial charge in [0, 0.05) is 28.6 Å². The Kier molecular flexibility index (Phi) is 6.04. The Bertz CT molecular complexity index is 612. The number of nitrogens with zero attached hydrogens (tertiary/aromatic N) is 1. The minimum Gasteiger partial charge on any atom is -0.356 e. The number of carbonyl (C=O) groups is 2. The highest BCUT2D eigenvalue weighted by Crippen LogP contribution is 2.28. The number of nitrogens with one attached hydrogen (secondary N) is 1. The molecule has 3 rings (SSSR count). The Hall–Kier alpha value is -1.66. The van der Waals surface area contributed by atoms with Crippen LogP contribution in [0.25, 0.3) is 0 Å². The smallest absolute Gasteiger partial charge is 0.223 e. The molecule has 2 aromatic heterocycles. The van der Waals surface area contributed by atoms with Crippen LogP contribution in [0.2, 0.25) is 0 Å². The van der Waals surface area contributed by atoms with Crippen molar-refractivity contribution in [3.63, 3.8) is 0 Å². The fourth-order valence-electron chi connectivity index (χ4n) is 2.51. The predicted octanol–water partition coefficient (Wildman–Crippen LogP) is 3.64. The van der Waals surface area contributed by atoms with Crippen molar-refractivity contribution in [1.29, 1.82) is 0 Å². The van der Waals surface area contributed by atoms with Gasteiger partial charge >= 0.3 is 0 Å². The van der Waals surface area contributed by atoms with Crippen LogP contribution in [-0.4, -0.2) is 23.3 Å². The largest absolute Gasteiger partial charge is 0.356 e. The lowest BCUT2D eigenvalue weighted by molar-refractivity contribution is -0.132. The molecule has 24 heavy (non-hydrogen) atoms. The summed E-state index contributed by atoms with van der Waals surface area (Å²) in [6.45, 7) is 1.90. The molecule has 1 aliphatic rings. The van der Waals surface area contributed by atoms with E-state index in [1.807, 2.05) is 27.8 Å². The summed E-state index contributed by atoms with van der Waals surface area (Å²) >= 11 is 3.35. The Morgan fingerprint density at radius 2 is 1.71 bits per heavy atom. The first-order valence-corrected chi connectivity index (χ1v) is 10.1. The number of amides is 2. The van der Waals surface area contributed by atoms with Gasteiger partial charge in [-0.25, -0.2) is 0 Å². The van der Waals surface area contributed by atoms with Crippen LogP contribution in [0.4, 0.5) is 0 Å². The van der Waals surface area contributed by atoms with E-state index in [1.165, 1.54) is 9.75 Å². The Labute approximate surface area is 150 Å². The van der Waals surface area contributed by atoms with Crippen LogP contribution in [0.3, 0.4) is 0 Å². The van der Waals surface area contributed by atoms with Crippen molar-refractivity contribution in [2.75, 3.05) is 6.54 Å². The van der Waals surface area contributed by atoms with Gasteiger partial charge in [-0.05, 0) is 42.2 Å². The summed E-state index contributed by atoms with van der Waals surface area (Å²) in [5, 5.41) is 7.00. The monoisotopic (exact) mass is 362 g/mol. The third-order valence-corrected chi connectivity index (χ3v) is 5.74. The molecule has 0 aliphatic heterocycles. The van der Waals surface area contributed by atoms with Crippen molar-refractivity contribution in [2.45, 2.75) is 38.8 Å². The van der Waals surface area contributed by atoms with E-state index in [1.54, 1.807) is 22.7 Å². The molecule has 2 amide bonds. The summed E-state index contributed by atoms with van der Waals surface area (Å²) in [6.07, 6.45) is 3.20. The van der Waals surface area contributed by atoms with Gasteiger partial charge in [-0.3, -0.25) is 9.59 Å². The van der Waals surface area contributed by atoms with E-state index in [0.29, 0.717) is 32.5 Å². The van der Waals surface area contributed by atoms with Gasteiger partial charge in [0.25, 0.3) is 0 Å². The van der Waals surface area contributed by atoms with Crippen LogP contribution in [0, 0.1) is 5.92 Å². The topological polar surface area (TPSA) is 49.4 Å². The number of hydrogen-bond donors (Lipinski definition) is 1. The second kappa shape index (κ2) is 8.44. The lowest BCUT2D eigenvalue weighted by Crippen LogP contribution is -2.31. The molecule has 0 unspecified atom stereocenters. The summed E-state index contributed by atoms with van der Waals surface area (Å²) in [4.78, 5) is 28.5. The van der Waals surface area contributed by atoms with Crippen molar-refractivity contribution in [2.24, 2.45) is 5.92 Å². The van der Waals surface area contributed by atoms with Gasteiger partial charge in [0.2, 0.25) is 11.8 Å². The van der Waals surface area contributed by atoms with Crippen LogP contribution in [0.1, 0.15) is 35.4 Å². The molecule has 1 aliphatic carbocycles. The first-order chi connectivity index (χ1) is 11.7. The fourth-order valence-corrected chi connectivity index (χ4v) is 3.95. The van der Waals surface area contributed by atoms with Gasteiger partial charge in [0.05, 0.1) is 13.1 Å². The molecule has 1 saturated carbocycles. The lowest BCUT2D eigenvalue weighted by Gasteiger charge is -2.21. The fraction of sp³-hybridized carbons (Fsp3) is 0.444. The first kappa shape index (κ1) is 17.2. The summed E-state index contributed by atoms with van der Waals surface area (Å²) in [7, 11) is 0. The zero-order valence-electron chi connectivity index (χ0n) is 13.6. The van der Waals surface area contributed by atoms with E-state index in [9.17, 15) is 9.59 Å². The van der Waals surface area contributed by atoms with Gasteiger partial charge < -0.3 is 10.2 Å². The highest BCUT2D eigenvalue weighted by molar-refractivity contribution is 7.10. The SMILES string of the molecule is O=C(NCCCC(=O)N(Cc1cccs1)Cc1cccs1)C1CC1. The minimum absolute atomic E-state index is 0.150. The van der Waals surface area contributed by atoms with Gasteiger partial charge in [0.15, 0.2) is 0 Å². The maximum atomic E-state index is 12.6. The summed E-state index contributed by atoms with van der Waals surface area (Å²) in [5.41, 5.74) is 0. The quantitative estimate of drug-likeness (QED) is 0.692. The van der Waals surface area contributed by atoms with Crippen molar-refractivity contribution >= 4 is 34.5 Å². The van der Waals surface area contributed by atoms with E-state index in [4.69, 9.17) is 0 Å². The number of thiophene rings is 2.